The molecule has 1 unspecified atom stereocenters. The van der Waals surface area contributed by atoms with Gasteiger partial charge in [0, 0.05) is 24.2 Å². The maximum absolute atomic E-state index is 5.80. The number of benzene rings is 1. The van der Waals surface area contributed by atoms with E-state index in [2.05, 4.69) is 40.7 Å². The topological polar surface area (TPSA) is 34.6 Å². The standard InChI is InChI=1S/C20H24N2O2/c1-3-14-13-22-11-9-15(14)12-19(22)20(24-23-2)17-8-10-21-18-7-5-4-6-16(17)18/h3-8,10,14-15,19-20H,1,9,11-13H2,2H3/t14-,15+,19+,20-/m1/s1. The monoisotopic (exact) mass is 324 g/mol. The van der Waals surface area contributed by atoms with Crippen LogP contribution in [-0.4, -0.2) is 36.1 Å². The molecule has 0 amide bonds. The fraction of sp³-hybridized carbons (Fsp3) is 0.450. The van der Waals surface area contributed by atoms with Gasteiger partial charge < -0.3 is 0 Å². The Labute approximate surface area is 143 Å². The molecule has 3 fully saturated rings. The molecule has 126 valence electrons. The second-order valence-electron chi connectivity index (χ2n) is 6.85. The summed E-state index contributed by atoms with van der Waals surface area (Å²) in [4.78, 5) is 18.0. The van der Waals surface area contributed by atoms with Gasteiger partial charge in [-0.25, -0.2) is 9.78 Å². The van der Waals surface area contributed by atoms with E-state index in [0.717, 1.165) is 36.0 Å². The van der Waals surface area contributed by atoms with Crippen LogP contribution in [0.15, 0.2) is 49.2 Å². The minimum atomic E-state index is -0.100. The van der Waals surface area contributed by atoms with Crippen molar-refractivity contribution in [3.05, 3.63) is 54.7 Å². The Balaban J connectivity index is 1.71. The Kier molecular flexibility index (Phi) is 4.35. The van der Waals surface area contributed by atoms with Crippen molar-refractivity contribution in [3.8, 4) is 0 Å². The highest BCUT2D eigenvalue weighted by molar-refractivity contribution is 5.82. The third-order valence-corrected chi connectivity index (χ3v) is 5.69. The number of pyridine rings is 1. The molecule has 4 heterocycles. The van der Waals surface area contributed by atoms with E-state index in [-0.39, 0.29) is 6.10 Å². The Morgan fingerprint density at radius 3 is 2.96 bits per heavy atom. The van der Waals surface area contributed by atoms with Crippen molar-refractivity contribution in [1.29, 1.82) is 0 Å². The van der Waals surface area contributed by atoms with Gasteiger partial charge in [0.15, 0.2) is 0 Å². The zero-order valence-corrected chi connectivity index (χ0v) is 14.1. The van der Waals surface area contributed by atoms with E-state index in [1.54, 1.807) is 7.11 Å². The van der Waals surface area contributed by atoms with E-state index in [0.29, 0.717) is 17.9 Å². The molecule has 2 aromatic rings. The van der Waals surface area contributed by atoms with Crippen LogP contribution in [0.5, 0.6) is 0 Å². The lowest BCUT2D eigenvalue weighted by Gasteiger charge is -2.51. The lowest BCUT2D eigenvalue weighted by molar-refractivity contribution is -0.323. The number of rotatable bonds is 5. The Morgan fingerprint density at radius 1 is 1.33 bits per heavy atom. The number of aromatic nitrogens is 1. The molecule has 0 aliphatic carbocycles. The summed E-state index contributed by atoms with van der Waals surface area (Å²) in [6.45, 7) is 6.22. The average molecular weight is 324 g/mol. The molecule has 24 heavy (non-hydrogen) atoms. The highest BCUT2D eigenvalue weighted by Crippen LogP contribution is 2.43. The summed E-state index contributed by atoms with van der Waals surface area (Å²) in [5.41, 5.74) is 2.16. The van der Waals surface area contributed by atoms with Crippen molar-refractivity contribution in [1.82, 2.24) is 9.88 Å². The Morgan fingerprint density at radius 2 is 2.21 bits per heavy atom. The molecule has 3 aliphatic rings. The summed E-state index contributed by atoms with van der Waals surface area (Å²) in [7, 11) is 1.60. The van der Waals surface area contributed by atoms with E-state index in [1.165, 1.54) is 6.42 Å². The summed E-state index contributed by atoms with van der Waals surface area (Å²) in [5, 5.41) is 1.14. The first-order valence-corrected chi connectivity index (χ1v) is 8.71. The molecule has 0 spiro atoms. The fourth-order valence-corrected chi connectivity index (χ4v) is 4.49. The molecule has 4 heteroatoms. The van der Waals surface area contributed by atoms with Gasteiger partial charge in [0.1, 0.15) is 6.10 Å². The largest absolute Gasteiger partial charge is 0.297 e. The van der Waals surface area contributed by atoms with Gasteiger partial charge in [0.2, 0.25) is 0 Å². The number of hydrogen-bond donors (Lipinski definition) is 0. The maximum atomic E-state index is 5.80. The molecule has 1 aromatic carbocycles. The minimum Gasteiger partial charge on any atom is -0.297 e. The highest BCUT2D eigenvalue weighted by atomic mass is 17.2. The fourth-order valence-electron chi connectivity index (χ4n) is 4.49. The van der Waals surface area contributed by atoms with Crippen LogP contribution in [0.1, 0.15) is 24.5 Å². The maximum Gasteiger partial charge on any atom is 0.134 e. The van der Waals surface area contributed by atoms with Crippen molar-refractivity contribution in [2.75, 3.05) is 20.2 Å². The number of nitrogens with zero attached hydrogens (tertiary/aromatic N) is 2. The molecular weight excluding hydrogens is 300 g/mol. The zero-order valence-electron chi connectivity index (χ0n) is 14.1. The van der Waals surface area contributed by atoms with E-state index >= 15 is 0 Å². The Hall–Kier alpha value is -1.75. The third-order valence-electron chi connectivity index (χ3n) is 5.69. The normalized spacial score (nSPS) is 30.4. The van der Waals surface area contributed by atoms with E-state index in [9.17, 15) is 0 Å². The predicted molar refractivity (Wildman–Crippen MR) is 94.4 cm³/mol. The minimum absolute atomic E-state index is 0.100. The summed E-state index contributed by atoms with van der Waals surface area (Å²) >= 11 is 0. The van der Waals surface area contributed by atoms with Gasteiger partial charge in [0.05, 0.1) is 12.6 Å². The lowest BCUT2D eigenvalue weighted by Crippen LogP contribution is -2.55. The van der Waals surface area contributed by atoms with Crippen molar-refractivity contribution >= 4 is 10.9 Å². The van der Waals surface area contributed by atoms with Crippen LogP contribution in [0.3, 0.4) is 0 Å². The first-order valence-electron chi connectivity index (χ1n) is 8.71. The number of para-hydroxylation sites is 1. The van der Waals surface area contributed by atoms with Crippen LogP contribution < -0.4 is 0 Å². The second kappa shape index (κ2) is 6.63. The van der Waals surface area contributed by atoms with Crippen molar-refractivity contribution in [2.24, 2.45) is 11.8 Å². The van der Waals surface area contributed by atoms with Crippen LogP contribution in [0.25, 0.3) is 10.9 Å². The molecule has 0 radical (unpaired) electrons. The molecule has 0 saturated carbocycles. The van der Waals surface area contributed by atoms with E-state index < -0.39 is 0 Å². The molecule has 1 aromatic heterocycles. The van der Waals surface area contributed by atoms with Crippen molar-refractivity contribution < 1.29 is 9.78 Å². The van der Waals surface area contributed by atoms with E-state index in [1.807, 2.05) is 18.3 Å². The summed E-state index contributed by atoms with van der Waals surface area (Å²) in [5.74, 6) is 1.31. The number of hydrogen-bond acceptors (Lipinski definition) is 4. The smallest absolute Gasteiger partial charge is 0.134 e. The van der Waals surface area contributed by atoms with Gasteiger partial charge in [-0.05, 0) is 48.9 Å². The van der Waals surface area contributed by atoms with Crippen LogP contribution in [0.2, 0.25) is 0 Å². The highest BCUT2D eigenvalue weighted by Gasteiger charge is 2.43. The zero-order chi connectivity index (χ0) is 16.5. The number of piperidine rings is 3. The van der Waals surface area contributed by atoms with Crippen LogP contribution in [0, 0.1) is 11.8 Å². The first kappa shape index (κ1) is 15.8. The number of fused-ring (bicyclic) bond motifs is 4. The summed E-state index contributed by atoms with van der Waals surface area (Å²) in [6, 6.07) is 10.6. The average Bonchev–Trinajstić information content (AvgIpc) is 2.66. The molecular formula is C20H24N2O2. The van der Waals surface area contributed by atoms with Crippen LogP contribution in [-0.2, 0) is 9.78 Å². The van der Waals surface area contributed by atoms with Crippen LogP contribution in [0.4, 0.5) is 0 Å². The molecule has 3 saturated heterocycles. The van der Waals surface area contributed by atoms with Crippen LogP contribution >= 0.6 is 0 Å². The quantitative estimate of drug-likeness (QED) is 0.477. The molecule has 2 bridgehead atoms. The van der Waals surface area contributed by atoms with Gasteiger partial charge in [-0.1, -0.05) is 24.3 Å². The first-order chi connectivity index (χ1) is 11.8. The van der Waals surface area contributed by atoms with Gasteiger partial charge in [-0.3, -0.25) is 9.88 Å². The predicted octanol–water partition coefficient (Wildman–Crippen LogP) is 3.75. The summed E-state index contributed by atoms with van der Waals surface area (Å²) < 4.78 is 0. The molecule has 4 nitrogen and oxygen atoms in total. The second-order valence-corrected chi connectivity index (χ2v) is 6.85. The third kappa shape index (κ3) is 2.65. The molecule has 3 aliphatic heterocycles. The SMILES string of the molecule is C=C[C@@H]1CN2CC[C@H]1C[C@H]2[C@H](OOC)c1ccnc2ccccc12. The van der Waals surface area contributed by atoms with Crippen molar-refractivity contribution in [2.45, 2.75) is 25.0 Å². The van der Waals surface area contributed by atoms with Crippen molar-refractivity contribution in [3.63, 3.8) is 0 Å². The van der Waals surface area contributed by atoms with E-state index in [4.69, 9.17) is 9.78 Å². The Bertz CT molecular complexity index is 727. The lowest BCUT2D eigenvalue weighted by atomic mass is 9.73. The van der Waals surface area contributed by atoms with Gasteiger partial charge in [0.25, 0.3) is 0 Å². The molecule has 0 N–H and O–H groups in total. The summed E-state index contributed by atoms with van der Waals surface area (Å²) in [6.07, 6.45) is 6.27. The van der Waals surface area contributed by atoms with Gasteiger partial charge in [-0.2, -0.15) is 0 Å². The molecule has 5 rings (SSSR count). The molecule has 5 atom stereocenters. The van der Waals surface area contributed by atoms with Gasteiger partial charge >= 0.3 is 0 Å². The van der Waals surface area contributed by atoms with Gasteiger partial charge in [-0.15, -0.1) is 6.58 Å².